The van der Waals surface area contributed by atoms with Crippen LogP contribution in [0, 0.1) is 12.8 Å². The van der Waals surface area contributed by atoms with E-state index in [-0.39, 0.29) is 29.3 Å². The van der Waals surface area contributed by atoms with Crippen molar-refractivity contribution in [3.63, 3.8) is 0 Å². The Morgan fingerprint density at radius 3 is 2.41 bits per heavy atom. The molecule has 1 aliphatic carbocycles. The maximum atomic E-state index is 11.9. The zero-order valence-electron chi connectivity index (χ0n) is 23.5. The van der Waals surface area contributed by atoms with Gasteiger partial charge < -0.3 is 19.3 Å². The van der Waals surface area contributed by atoms with Crippen LogP contribution in [0.25, 0.3) is 11.1 Å². The molecule has 1 N–H and O–H groups in total. The number of allylic oxidation sites excluding steroid dienone is 2. The molecule has 1 aliphatic heterocycles. The number of carbonyl (C=O) groups excluding carboxylic acids is 1. The van der Waals surface area contributed by atoms with E-state index < -0.39 is 6.10 Å². The first-order chi connectivity index (χ1) is 19.0. The van der Waals surface area contributed by atoms with Crippen LogP contribution >= 0.6 is 11.8 Å². The number of carbonyl (C=O) groups is 1. The molecular weight excluding hydrogens is 510 g/mol. The Morgan fingerprint density at radius 2 is 1.77 bits per heavy atom. The third-order valence-corrected chi connectivity index (χ3v) is 8.94. The Morgan fingerprint density at radius 1 is 1.10 bits per heavy atom. The van der Waals surface area contributed by atoms with Gasteiger partial charge in [-0.2, -0.15) is 0 Å². The third-order valence-electron chi connectivity index (χ3n) is 7.99. The maximum Gasteiger partial charge on any atom is 0.319 e. The Kier molecular flexibility index (Phi) is 11.5. The van der Waals surface area contributed by atoms with Crippen LogP contribution in [-0.4, -0.2) is 79.1 Å². The minimum absolute atomic E-state index is 0.00738. The van der Waals surface area contributed by atoms with Gasteiger partial charge in [-0.3, -0.25) is 9.69 Å². The fraction of sp³-hybridized carbons (Fsp3) is 0.531. The van der Waals surface area contributed by atoms with Gasteiger partial charge in [-0.15, -0.1) is 11.8 Å². The molecule has 0 bridgehead atoms. The number of thioether (sulfide) groups is 1. The van der Waals surface area contributed by atoms with E-state index in [1.54, 1.807) is 0 Å². The molecule has 1 unspecified atom stereocenters. The highest BCUT2D eigenvalue weighted by atomic mass is 32.2. The second kappa shape index (κ2) is 15.0. The molecule has 1 heterocycles. The van der Waals surface area contributed by atoms with E-state index in [1.165, 1.54) is 35.6 Å². The Labute approximate surface area is 237 Å². The molecule has 0 aromatic heterocycles. The zero-order chi connectivity index (χ0) is 27.6. The lowest BCUT2D eigenvalue weighted by molar-refractivity contribution is -0.139. The fourth-order valence-corrected chi connectivity index (χ4v) is 6.38. The van der Waals surface area contributed by atoms with Gasteiger partial charge in [0.25, 0.3) is 0 Å². The average molecular weight is 554 g/mol. The fourth-order valence-electron chi connectivity index (χ4n) is 5.78. The number of hydrogen-bond donors (Lipinski definition) is 1. The molecule has 2 aromatic rings. The SMILES string of the molecule is COC(=O)C(CC=CCC[C@@H]1[C@@H](N2CCOCC2)[C@@H](O)C[C@@H]1OCc1ccc(-c2ccc(C)cc2)cc1)SC. The largest absolute Gasteiger partial charge is 0.468 e. The number of morpholine rings is 1. The number of hydrogen-bond acceptors (Lipinski definition) is 7. The van der Waals surface area contributed by atoms with Gasteiger partial charge in [-0.1, -0.05) is 66.2 Å². The van der Waals surface area contributed by atoms with Crippen LogP contribution < -0.4 is 0 Å². The van der Waals surface area contributed by atoms with Crippen LogP contribution in [0.5, 0.6) is 0 Å². The third kappa shape index (κ3) is 8.18. The summed E-state index contributed by atoms with van der Waals surface area (Å²) in [4.78, 5) is 14.3. The Hall–Kier alpha value is -2.16. The van der Waals surface area contributed by atoms with Gasteiger partial charge in [-0.25, -0.2) is 0 Å². The van der Waals surface area contributed by atoms with Gasteiger partial charge in [0.2, 0.25) is 0 Å². The van der Waals surface area contributed by atoms with Crippen molar-refractivity contribution in [2.75, 3.05) is 39.7 Å². The molecule has 2 aliphatic rings. The summed E-state index contributed by atoms with van der Waals surface area (Å²) in [5, 5.41) is 11.0. The van der Waals surface area contributed by atoms with Gasteiger partial charge >= 0.3 is 5.97 Å². The van der Waals surface area contributed by atoms with Crippen molar-refractivity contribution >= 4 is 17.7 Å². The van der Waals surface area contributed by atoms with Crippen molar-refractivity contribution in [1.29, 1.82) is 0 Å². The Bertz CT molecular complexity index is 1050. The zero-order valence-corrected chi connectivity index (χ0v) is 24.3. The van der Waals surface area contributed by atoms with E-state index >= 15 is 0 Å². The predicted octanol–water partition coefficient (Wildman–Crippen LogP) is 5.26. The number of esters is 1. The second-order valence-corrected chi connectivity index (χ2v) is 11.6. The van der Waals surface area contributed by atoms with Crippen LogP contribution in [0.2, 0.25) is 0 Å². The lowest BCUT2D eigenvalue weighted by atomic mass is 9.93. The van der Waals surface area contributed by atoms with Crippen molar-refractivity contribution in [3.8, 4) is 11.1 Å². The molecule has 212 valence electrons. The second-order valence-electron chi connectivity index (χ2n) is 10.6. The molecule has 4 rings (SSSR count). The summed E-state index contributed by atoms with van der Waals surface area (Å²) in [5.74, 6) is 0.0466. The minimum atomic E-state index is -0.411. The molecule has 0 amide bonds. The first kappa shape index (κ1) is 29.8. The van der Waals surface area contributed by atoms with E-state index in [0.717, 1.165) is 31.5 Å². The van der Waals surface area contributed by atoms with E-state index in [2.05, 4.69) is 72.5 Å². The topological polar surface area (TPSA) is 68.2 Å². The molecule has 6 nitrogen and oxygen atoms in total. The lowest BCUT2D eigenvalue weighted by Crippen LogP contribution is -2.50. The number of methoxy groups -OCH3 is 1. The summed E-state index contributed by atoms with van der Waals surface area (Å²) in [6.45, 7) is 5.73. The van der Waals surface area contributed by atoms with Gasteiger partial charge in [0, 0.05) is 31.5 Å². The van der Waals surface area contributed by atoms with Crippen LogP contribution in [0.3, 0.4) is 0 Å². The van der Waals surface area contributed by atoms with Crippen LogP contribution in [-0.2, 0) is 25.6 Å². The molecule has 0 spiro atoms. The van der Waals surface area contributed by atoms with E-state index in [4.69, 9.17) is 14.2 Å². The predicted molar refractivity (Wildman–Crippen MR) is 158 cm³/mol. The summed E-state index contributed by atoms with van der Waals surface area (Å²) in [6, 6.07) is 17.2. The first-order valence-electron chi connectivity index (χ1n) is 14.0. The summed E-state index contributed by atoms with van der Waals surface area (Å²) in [7, 11) is 1.44. The first-order valence-corrected chi connectivity index (χ1v) is 15.3. The average Bonchev–Trinajstić information content (AvgIpc) is 3.29. The quantitative estimate of drug-likeness (QED) is 0.284. The summed E-state index contributed by atoms with van der Waals surface area (Å²) in [5.41, 5.74) is 4.81. The van der Waals surface area contributed by atoms with E-state index in [9.17, 15) is 9.90 Å². The van der Waals surface area contributed by atoms with Crippen molar-refractivity contribution < 1.29 is 24.1 Å². The molecule has 2 aromatic carbocycles. The molecule has 1 saturated carbocycles. The summed E-state index contributed by atoms with van der Waals surface area (Å²) in [6.07, 6.45) is 8.87. The lowest BCUT2D eigenvalue weighted by Gasteiger charge is -2.38. The molecule has 2 fully saturated rings. The molecule has 5 atom stereocenters. The monoisotopic (exact) mass is 553 g/mol. The van der Waals surface area contributed by atoms with Crippen molar-refractivity contribution in [2.24, 2.45) is 5.92 Å². The number of nitrogens with zero attached hydrogens (tertiary/aromatic N) is 1. The Balaban J connectivity index is 1.37. The van der Waals surface area contributed by atoms with E-state index in [1.807, 2.05) is 6.26 Å². The van der Waals surface area contributed by atoms with Crippen molar-refractivity contribution in [3.05, 3.63) is 71.8 Å². The van der Waals surface area contributed by atoms with Crippen molar-refractivity contribution in [1.82, 2.24) is 4.90 Å². The minimum Gasteiger partial charge on any atom is -0.468 e. The molecular formula is C32H43NO5S. The van der Waals surface area contributed by atoms with E-state index in [0.29, 0.717) is 32.7 Å². The normalized spacial score (nSPS) is 24.7. The van der Waals surface area contributed by atoms with Crippen LogP contribution in [0.15, 0.2) is 60.7 Å². The summed E-state index contributed by atoms with van der Waals surface area (Å²) >= 11 is 1.51. The number of aryl methyl sites for hydroxylation is 1. The highest BCUT2D eigenvalue weighted by Crippen LogP contribution is 2.37. The number of aliphatic hydroxyl groups is 1. The van der Waals surface area contributed by atoms with Crippen LogP contribution in [0.1, 0.15) is 36.8 Å². The van der Waals surface area contributed by atoms with Gasteiger partial charge in [-0.05, 0) is 49.1 Å². The summed E-state index contributed by atoms with van der Waals surface area (Å²) < 4.78 is 17.0. The van der Waals surface area contributed by atoms with Crippen molar-refractivity contribution in [2.45, 2.75) is 62.7 Å². The van der Waals surface area contributed by atoms with Gasteiger partial charge in [0.1, 0.15) is 5.25 Å². The maximum absolute atomic E-state index is 11.9. The number of benzene rings is 2. The van der Waals surface area contributed by atoms with Crippen LogP contribution in [0.4, 0.5) is 0 Å². The molecule has 39 heavy (non-hydrogen) atoms. The number of aliphatic hydroxyl groups excluding tert-OH is 1. The molecule has 1 saturated heterocycles. The van der Waals surface area contributed by atoms with Gasteiger partial charge in [0.15, 0.2) is 0 Å². The highest BCUT2D eigenvalue weighted by Gasteiger charge is 2.45. The molecule has 7 heteroatoms. The number of rotatable bonds is 12. The number of ether oxygens (including phenoxy) is 3. The standard InChI is InChI=1S/C32H43NO5S/c1-23-9-13-25(14-10-23)26-15-11-24(12-16-26)22-38-29-21-28(34)31(33-17-19-37-20-18-33)27(29)7-5-4-6-8-30(39-3)32(35)36-2/h4,6,9-16,27-31,34H,5,7-8,17-22H2,1-3H3/t27-,28-,29-,30?,31+/m0/s1. The van der Waals surface area contributed by atoms with Gasteiger partial charge in [0.05, 0.1) is 39.1 Å². The molecule has 0 radical (unpaired) electrons. The highest BCUT2D eigenvalue weighted by molar-refractivity contribution is 7.99. The smallest absolute Gasteiger partial charge is 0.319 e.